The van der Waals surface area contributed by atoms with Crippen LogP contribution in [0.1, 0.15) is 62.3 Å². The lowest BCUT2D eigenvalue weighted by Gasteiger charge is -2.38. The van der Waals surface area contributed by atoms with Crippen molar-refractivity contribution in [1.29, 1.82) is 0 Å². The summed E-state index contributed by atoms with van der Waals surface area (Å²) < 4.78 is 16.6. The van der Waals surface area contributed by atoms with Crippen LogP contribution in [0.3, 0.4) is 0 Å². The highest BCUT2D eigenvalue weighted by atomic mass is 35.5. The Morgan fingerprint density at radius 1 is 0.957 bits per heavy atom. The van der Waals surface area contributed by atoms with Crippen molar-refractivity contribution < 1.29 is 23.8 Å². The molecule has 1 aliphatic heterocycles. The molecule has 3 aromatic rings. The van der Waals surface area contributed by atoms with Gasteiger partial charge in [0.25, 0.3) is 0 Å². The molecule has 2 aliphatic rings. The molecule has 9 heteroatoms. The monoisotopic (exact) mass is 647 g/mol. The summed E-state index contributed by atoms with van der Waals surface area (Å²) in [5.74, 6) is 1.69. The average Bonchev–Trinajstić information content (AvgIpc) is 3.04. The first kappa shape index (κ1) is 33.6. The van der Waals surface area contributed by atoms with E-state index in [0.29, 0.717) is 35.0 Å². The summed E-state index contributed by atoms with van der Waals surface area (Å²) in [5, 5.41) is 0.644. The van der Waals surface area contributed by atoms with Gasteiger partial charge in [-0.1, -0.05) is 23.7 Å². The number of hydrogen-bond donors (Lipinski definition) is 0. The number of likely N-dealkylation sites (N-methyl/N-ethyl adjacent to an activating group) is 1. The summed E-state index contributed by atoms with van der Waals surface area (Å²) in [4.78, 5) is 31.9. The molecule has 1 heterocycles. The first-order valence-electron chi connectivity index (χ1n) is 16.1. The molecule has 3 aromatic carbocycles. The molecule has 246 valence electrons. The van der Waals surface area contributed by atoms with E-state index in [2.05, 4.69) is 29.0 Å². The highest BCUT2D eigenvalue weighted by Crippen LogP contribution is 2.44. The SMILES string of the molecule is COC(=O)CN(C)C1CCC(CN(C)c2ccc(N3C(=O)Cc4cc(OC)c(OC(C)C)cc4[C@@H]3c3ccc(Cl)cc3)cc2)CC1. The van der Waals surface area contributed by atoms with E-state index in [4.69, 9.17) is 25.8 Å². The normalized spacial score (nSPS) is 19.6. The number of rotatable bonds is 11. The number of fused-ring (bicyclic) bond motifs is 1. The van der Waals surface area contributed by atoms with E-state index >= 15 is 0 Å². The summed E-state index contributed by atoms with van der Waals surface area (Å²) in [6.07, 6.45) is 4.62. The molecule has 1 atom stereocenters. The third-order valence-electron chi connectivity index (χ3n) is 9.28. The Morgan fingerprint density at radius 2 is 1.63 bits per heavy atom. The number of esters is 1. The Labute approximate surface area is 278 Å². The second kappa shape index (κ2) is 14.8. The predicted molar refractivity (Wildman–Crippen MR) is 183 cm³/mol. The number of methoxy groups -OCH3 is 2. The number of anilines is 2. The van der Waals surface area contributed by atoms with E-state index in [9.17, 15) is 9.59 Å². The van der Waals surface area contributed by atoms with Crippen LogP contribution in [-0.2, 0) is 20.7 Å². The summed E-state index contributed by atoms with van der Waals surface area (Å²) in [6.45, 7) is 5.27. The molecule has 0 unspecified atom stereocenters. The van der Waals surface area contributed by atoms with Crippen LogP contribution >= 0.6 is 11.6 Å². The molecule has 0 aromatic heterocycles. The van der Waals surface area contributed by atoms with Crippen LogP contribution < -0.4 is 19.3 Å². The minimum atomic E-state index is -0.356. The van der Waals surface area contributed by atoms with Crippen LogP contribution in [0.4, 0.5) is 11.4 Å². The van der Waals surface area contributed by atoms with Gasteiger partial charge in [0.15, 0.2) is 11.5 Å². The standard InChI is InChI=1S/C37H46ClN3O5/c1-24(2)46-34-21-32-27(19-33(34)44-5)20-35(42)41(37(32)26-9-11-28(38)12-10-26)31-17-15-30(16-18-31)39(3)22-25-7-13-29(14-8-25)40(4)23-36(43)45-6/h9-12,15-19,21,24-25,29,37H,7-8,13-14,20,22-23H2,1-6H3/t25?,29?,37-/m0/s1. The van der Waals surface area contributed by atoms with Gasteiger partial charge in [0.05, 0.1) is 39.3 Å². The van der Waals surface area contributed by atoms with Gasteiger partial charge in [0.1, 0.15) is 0 Å². The lowest BCUT2D eigenvalue weighted by Crippen LogP contribution is -2.41. The van der Waals surface area contributed by atoms with Crippen molar-refractivity contribution in [2.24, 2.45) is 5.92 Å². The van der Waals surface area contributed by atoms with E-state index < -0.39 is 0 Å². The van der Waals surface area contributed by atoms with Gasteiger partial charge < -0.3 is 24.0 Å². The number of carbonyl (C=O) groups excluding carboxylic acids is 2. The summed E-state index contributed by atoms with van der Waals surface area (Å²) in [6, 6.07) is 20.0. The number of hydrogen-bond acceptors (Lipinski definition) is 7. The van der Waals surface area contributed by atoms with Crippen molar-refractivity contribution in [3.8, 4) is 11.5 Å². The van der Waals surface area contributed by atoms with Crippen molar-refractivity contribution in [2.45, 2.75) is 64.1 Å². The van der Waals surface area contributed by atoms with Crippen LogP contribution in [0.2, 0.25) is 5.02 Å². The number of nitrogens with zero attached hydrogens (tertiary/aromatic N) is 3. The molecule has 1 aliphatic carbocycles. The molecule has 0 saturated heterocycles. The fourth-order valence-corrected chi connectivity index (χ4v) is 6.98. The van der Waals surface area contributed by atoms with E-state index in [1.54, 1.807) is 7.11 Å². The Bertz CT molecular complexity index is 1500. The average molecular weight is 648 g/mol. The van der Waals surface area contributed by atoms with Crippen molar-refractivity contribution >= 4 is 34.9 Å². The van der Waals surface area contributed by atoms with Gasteiger partial charge in [-0.3, -0.25) is 14.5 Å². The van der Waals surface area contributed by atoms with Crippen LogP contribution in [0.5, 0.6) is 11.5 Å². The number of carbonyl (C=O) groups is 2. The van der Waals surface area contributed by atoms with Gasteiger partial charge in [0.2, 0.25) is 5.91 Å². The lowest BCUT2D eigenvalue weighted by atomic mass is 9.85. The van der Waals surface area contributed by atoms with Crippen molar-refractivity contribution in [3.63, 3.8) is 0 Å². The topological polar surface area (TPSA) is 71.6 Å². The molecule has 46 heavy (non-hydrogen) atoms. The van der Waals surface area contributed by atoms with Gasteiger partial charge in [-0.15, -0.1) is 0 Å². The molecule has 1 fully saturated rings. The second-order valence-corrected chi connectivity index (χ2v) is 13.3. The summed E-state index contributed by atoms with van der Waals surface area (Å²) in [7, 11) is 7.20. The quantitative estimate of drug-likeness (QED) is 0.209. The molecule has 8 nitrogen and oxygen atoms in total. The highest BCUT2D eigenvalue weighted by molar-refractivity contribution is 6.30. The van der Waals surface area contributed by atoms with Gasteiger partial charge in [0, 0.05) is 36.0 Å². The van der Waals surface area contributed by atoms with Crippen LogP contribution in [0, 0.1) is 5.92 Å². The van der Waals surface area contributed by atoms with Crippen LogP contribution in [-0.4, -0.2) is 70.3 Å². The number of benzene rings is 3. The minimum absolute atomic E-state index is 0.0158. The first-order valence-corrected chi connectivity index (χ1v) is 16.5. The zero-order valence-corrected chi connectivity index (χ0v) is 28.5. The zero-order valence-electron chi connectivity index (χ0n) is 27.8. The van der Waals surface area contributed by atoms with E-state index in [0.717, 1.165) is 60.3 Å². The third-order valence-corrected chi connectivity index (χ3v) is 9.54. The highest BCUT2D eigenvalue weighted by Gasteiger charge is 2.36. The van der Waals surface area contributed by atoms with Crippen LogP contribution in [0.25, 0.3) is 0 Å². The molecular weight excluding hydrogens is 602 g/mol. The van der Waals surface area contributed by atoms with Crippen molar-refractivity contribution in [3.05, 3.63) is 82.4 Å². The largest absolute Gasteiger partial charge is 0.493 e. The van der Waals surface area contributed by atoms with E-state index in [1.165, 1.54) is 7.11 Å². The number of ether oxygens (including phenoxy) is 3. The fraction of sp³-hybridized carbons (Fsp3) is 0.459. The van der Waals surface area contributed by atoms with E-state index in [1.807, 2.05) is 74.3 Å². The fourth-order valence-electron chi connectivity index (χ4n) is 6.85. The molecule has 5 rings (SSSR count). The number of halogens is 1. The molecule has 0 radical (unpaired) electrons. The summed E-state index contributed by atoms with van der Waals surface area (Å²) in [5.41, 5.74) is 4.85. The predicted octanol–water partition coefficient (Wildman–Crippen LogP) is 6.91. The first-order chi connectivity index (χ1) is 22.1. The maximum Gasteiger partial charge on any atom is 0.319 e. The van der Waals surface area contributed by atoms with Gasteiger partial charge >= 0.3 is 5.97 Å². The molecule has 0 bridgehead atoms. The molecule has 0 spiro atoms. The van der Waals surface area contributed by atoms with Gasteiger partial charge in [-0.05, 0) is 118 Å². The van der Waals surface area contributed by atoms with Crippen molar-refractivity contribution in [1.82, 2.24) is 4.90 Å². The lowest BCUT2D eigenvalue weighted by molar-refractivity contribution is -0.142. The Balaban J connectivity index is 1.35. The summed E-state index contributed by atoms with van der Waals surface area (Å²) >= 11 is 6.28. The molecular formula is C37H46ClN3O5. The molecule has 0 N–H and O–H groups in total. The minimum Gasteiger partial charge on any atom is -0.493 e. The molecule has 1 saturated carbocycles. The number of amides is 1. The zero-order chi connectivity index (χ0) is 33.0. The Kier molecular flexibility index (Phi) is 10.8. The van der Waals surface area contributed by atoms with Crippen LogP contribution in [0.15, 0.2) is 60.7 Å². The van der Waals surface area contributed by atoms with Gasteiger partial charge in [-0.25, -0.2) is 0 Å². The smallest absolute Gasteiger partial charge is 0.319 e. The Hall–Kier alpha value is -3.75. The second-order valence-electron chi connectivity index (χ2n) is 12.8. The Morgan fingerprint density at radius 3 is 2.24 bits per heavy atom. The van der Waals surface area contributed by atoms with E-state index in [-0.39, 0.29) is 30.4 Å². The van der Waals surface area contributed by atoms with Gasteiger partial charge in [-0.2, -0.15) is 0 Å². The molecule has 1 amide bonds. The maximum absolute atomic E-state index is 13.9. The third kappa shape index (κ3) is 7.61. The van der Waals surface area contributed by atoms with Crippen molar-refractivity contribution in [2.75, 3.05) is 51.2 Å². The maximum atomic E-state index is 13.9.